The largest absolute Gasteiger partial charge is 0.348 e. The molecule has 1 amide bonds. The third-order valence-electron chi connectivity index (χ3n) is 4.43. The summed E-state index contributed by atoms with van der Waals surface area (Å²) < 4.78 is 14.9. The monoisotopic (exact) mass is 394 g/mol. The van der Waals surface area contributed by atoms with Gasteiger partial charge in [-0.1, -0.05) is 23.7 Å². The lowest BCUT2D eigenvalue weighted by molar-refractivity contribution is 0.0952. The first kappa shape index (κ1) is 18.1. The average molecular weight is 395 g/mol. The van der Waals surface area contributed by atoms with E-state index in [0.717, 1.165) is 5.56 Å². The van der Waals surface area contributed by atoms with E-state index in [4.69, 9.17) is 11.6 Å². The summed E-state index contributed by atoms with van der Waals surface area (Å²) in [4.78, 5) is 17.5. The molecule has 0 unspecified atom stereocenters. The molecule has 4 rings (SSSR count). The van der Waals surface area contributed by atoms with E-state index in [2.05, 4.69) is 15.4 Å². The van der Waals surface area contributed by atoms with Crippen molar-refractivity contribution in [1.29, 1.82) is 0 Å². The van der Waals surface area contributed by atoms with Crippen LogP contribution >= 0.6 is 11.6 Å². The lowest BCUT2D eigenvalue weighted by Gasteiger charge is -2.09. The lowest BCUT2D eigenvalue weighted by atomic mass is 10.1. The van der Waals surface area contributed by atoms with E-state index >= 15 is 0 Å². The summed E-state index contributed by atoms with van der Waals surface area (Å²) in [6, 6.07) is 15.0. The summed E-state index contributed by atoms with van der Waals surface area (Å²) in [7, 11) is 1.76. The normalized spacial score (nSPS) is 11.0. The molecule has 7 heteroatoms. The number of amides is 1. The Labute approximate surface area is 165 Å². The standard InChI is InChI=1S/C21H16ClFN4O/c1-27-20-18(12-25-27)17(10-19(26-20)14-5-7-16(23)8-6-14)21(28)24-11-13-3-2-4-15(22)9-13/h2-10,12H,11H2,1H3,(H,24,28). The maximum Gasteiger partial charge on any atom is 0.252 e. The molecule has 0 aliphatic heterocycles. The van der Waals surface area contributed by atoms with Gasteiger partial charge in [0.1, 0.15) is 5.82 Å². The van der Waals surface area contributed by atoms with E-state index in [1.54, 1.807) is 48.3 Å². The van der Waals surface area contributed by atoms with E-state index < -0.39 is 0 Å². The van der Waals surface area contributed by atoms with Crippen LogP contribution < -0.4 is 5.32 Å². The van der Waals surface area contributed by atoms with Gasteiger partial charge in [-0.15, -0.1) is 0 Å². The summed E-state index contributed by atoms with van der Waals surface area (Å²) in [5.41, 5.74) is 3.22. The van der Waals surface area contributed by atoms with Gasteiger partial charge < -0.3 is 5.32 Å². The number of carbonyl (C=O) groups excluding carboxylic acids is 1. The fourth-order valence-corrected chi connectivity index (χ4v) is 3.21. The fourth-order valence-electron chi connectivity index (χ4n) is 3.00. The van der Waals surface area contributed by atoms with E-state index in [1.807, 2.05) is 12.1 Å². The van der Waals surface area contributed by atoms with Crippen LogP contribution in [0.4, 0.5) is 4.39 Å². The number of aryl methyl sites for hydroxylation is 1. The summed E-state index contributed by atoms with van der Waals surface area (Å²) in [6.45, 7) is 0.343. The van der Waals surface area contributed by atoms with Gasteiger partial charge in [-0.3, -0.25) is 9.48 Å². The van der Waals surface area contributed by atoms with Crippen molar-refractivity contribution >= 4 is 28.5 Å². The molecule has 4 aromatic rings. The molecule has 0 fully saturated rings. The number of nitrogens with zero attached hydrogens (tertiary/aromatic N) is 3. The van der Waals surface area contributed by atoms with Gasteiger partial charge >= 0.3 is 0 Å². The molecule has 0 atom stereocenters. The molecule has 2 heterocycles. The van der Waals surface area contributed by atoms with Crippen molar-refractivity contribution < 1.29 is 9.18 Å². The number of hydrogen-bond donors (Lipinski definition) is 1. The van der Waals surface area contributed by atoms with Gasteiger partial charge in [0.2, 0.25) is 0 Å². The highest BCUT2D eigenvalue weighted by Crippen LogP contribution is 2.25. The van der Waals surface area contributed by atoms with Gasteiger partial charge in [-0.05, 0) is 48.0 Å². The van der Waals surface area contributed by atoms with Crippen molar-refractivity contribution in [3.05, 3.63) is 82.8 Å². The Bertz CT molecular complexity index is 1170. The Morgan fingerprint density at radius 3 is 2.71 bits per heavy atom. The molecular formula is C21H16ClFN4O. The minimum atomic E-state index is -0.329. The van der Waals surface area contributed by atoms with E-state index in [-0.39, 0.29) is 11.7 Å². The zero-order valence-electron chi connectivity index (χ0n) is 15.0. The van der Waals surface area contributed by atoms with Crippen molar-refractivity contribution in [3.8, 4) is 11.3 Å². The maximum absolute atomic E-state index is 13.3. The van der Waals surface area contributed by atoms with Gasteiger partial charge in [0.15, 0.2) is 5.65 Å². The molecule has 0 aliphatic rings. The molecule has 0 saturated heterocycles. The van der Waals surface area contributed by atoms with E-state index in [0.29, 0.717) is 39.4 Å². The summed E-state index contributed by atoms with van der Waals surface area (Å²) in [5.74, 6) is -0.575. The third kappa shape index (κ3) is 3.59. The van der Waals surface area contributed by atoms with Crippen molar-refractivity contribution in [2.75, 3.05) is 0 Å². The lowest BCUT2D eigenvalue weighted by Crippen LogP contribution is -2.23. The summed E-state index contributed by atoms with van der Waals surface area (Å²) >= 11 is 6.00. The van der Waals surface area contributed by atoms with Crippen LogP contribution in [-0.4, -0.2) is 20.7 Å². The molecular weight excluding hydrogens is 379 g/mol. The summed E-state index contributed by atoms with van der Waals surface area (Å²) in [5, 5.41) is 8.39. The van der Waals surface area contributed by atoms with Gasteiger partial charge in [-0.25, -0.2) is 9.37 Å². The Hall–Kier alpha value is -3.25. The number of benzene rings is 2. The minimum absolute atomic E-state index is 0.247. The van der Waals surface area contributed by atoms with Gasteiger partial charge in [0, 0.05) is 24.2 Å². The van der Waals surface area contributed by atoms with E-state index in [9.17, 15) is 9.18 Å². The first-order valence-electron chi connectivity index (χ1n) is 8.62. The third-order valence-corrected chi connectivity index (χ3v) is 4.67. The van der Waals surface area contributed by atoms with Crippen LogP contribution in [-0.2, 0) is 13.6 Å². The van der Waals surface area contributed by atoms with Crippen LogP contribution in [0.1, 0.15) is 15.9 Å². The number of nitrogens with one attached hydrogen (secondary N) is 1. The number of hydrogen-bond acceptors (Lipinski definition) is 3. The Balaban J connectivity index is 1.70. The number of fused-ring (bicyclic) bond motifs is 1. The van der Waals surface area contributed by atoms with Crippen LogP contribution in [0.15, 0.2) is 60.8 Å². The van der Waals surface area contributed by atoms with Gasteiger partial charge in [0.25, 0.3) is 5.91 Å². The Morgan fingerprint density at radius 2 is 1.96 bits per heavy atom. The van der Waals surface area contributed by atoms with Crippen LogP contribution in [0.2, 0.25) is 5.02 Å². The van der Waals surface area contributed by atoms with Crippen LogP contribution in [0.25, 0.3) is 22.3 Å². The molecule has 1 N–H and O–H groups in total. The maximum atomic E-state index is 13.3. The first-order valence-corrected chi connectivity index (χ1v) is 9.00. The second-order valence-electron chi connectivity index (χ2n) is 6.38. The number of pyridine rings is 1. The van der Waals surface area contributed by atoms with Gasteiger partial charge in [0.05, 0.1) is 22.8 Å². The van der Waals surface area contributed by atoms with Crippen molar-refractivity contribution in [3.63, 3.8) is 0 Å². The Morgan fingerprint density at radius 1 is 1.18 bits per heavy atom. The second-order valence-corrected chi connectivity index (χ2v) is 6.82. The van der Waals surface area contributed by atoms with Crippen LogP contribution in [0, 0.1) is 5.82 Å². The smallest absolute Gasteiger partial charge is 0.252 e. The first-order chi connectivity index (χ1) is 13.5. The van der Waals surface area contributed by atoms with Crippen molar-refractivity contribution in [2.45, 2.75) is 6.54 Å². The molecule has 0 radical (unpaired) electrons. The molecule has 28 heavy (non-hydrogen) atoms. The number of aromatic nitrogens is 3. The van der Waals surface area contributed by atoms with Crippen LogP contribution in [0.3, 0.4) is 0 Å². The fraction of sp³-hybridized carbons (Fsp3) is 0.0952. The SMILES string of the molecule is Cn1ncc2c(C(=O)NCc3cccc(Cl)c3)cc(-c3ccc(F)cc3)nc21. The van der Waals surface area contributed by atoms with Crippen molar-refractivity contribution in [1.82, 2.24) is 20.1 Å². The minimum Gasteiger partial charge on any atom is -0.348 e. The number of carbonyl (C=O) groups is 1. The topological polar surface area (TPSA) is 59.8 Å². The highest BCUT2D eigenvalue weighted by molar-refractivity contribution is 6.30. The van der Waals surface area contributed by atoms with Gasteiger partial charge in [-0.2, -0.15) is 5.10 Å². The Kier molecular flexibility index (Phi) is 4.79. The zero-order valence-corrected chi connectivity index (χ0v) is 15.7. The predicted molar refractivity (Wildman–Crippen MR) is 107 cm³/mol. The molecule has 0 spiro atoms. The zero-order chi connectivity index (χ0) is 19.7. The van der Waals surface area contributed by atoms with E-state index in [1.165, 1.54) is 12.1 Å². The molecule has 0 aliphatic carbocycles. The molecule has 5 nitrogen and oxygen atoms in total. The quantitative estimate of drug-likeness (QED) is 0.559. The molecule has 2 aromatic heterocycles. The highest BCUT2D eigenvalue weighted by Gasteiger charge is 2.16. The predicted octanol–water partition coefficient (Wildman–Crippen LogP) is 4.36. The molecule has 0 saturated carbocycles. The number of rotatable bonds is 4. The molecule has 0 bridgehead atoms. The average Bonchev–Trinajstić information content (AvgIpc) is 3.07. The highest BCUT2D eigenvalue weighted by atomic mass is 35.5. The molecule has 2 aromatic carbocycles. The summed E-state index contributed by atoms with van der Waals surface area (Å²) in [6.07, 6.45) is 1.62. The van der Waals surface area contributed by atoms with Crippen LogP contribution in [0.5, 0.6) is 0 Å². The molecule has 140 valence electrons. The second kappa shape index (κ2) is 7.40. The number of halogens is 2. The van der Waals surface area contributed by atoms with Crippen molar-refractivity contribution in [2.24, 2.45) is 7.05 Å².